The molecule has 3 heteroatoms. The summed E-state index contributed by atoms with van der Waals surface area (Å²) in [6.07, 6.45) is 5.93. The van der Waals surface area contributed by atoms with E-state index >= 15 is 0 Å². The van der Waals surface area contributed by atoms with Gasteiger partial charge in [0.15, 0.2) is 0 Å². The van der Waals surface area contributed by atoms with Crippen molar-refractivity contribution in [1.82, 2.24) is 9.97 Å². The number of aryl methyl sites for hydroxylation is 1. The molecule has 1 aliphatic rings. The van der Waals surface area contributed by atoms with Gasteiger partial charge in [-0.1, -0.05) is 0 Å². The lowest BCUT2D eigenvalue weighted by molar-refractivity contribution is 0.561. The van der Waals surface area contributed by atoms with Gasteiger partial charge in [-0.2, -0.15) is 0 Å². The number of hydrogen-bond acceptors (Lipinski definition) is 3. The molecule has 0 bridgehead atoms. The minimum atomic E-state index is 0.679. The van der Waals surface area contributed by atoms with Crippen molar-refractivity contribution in [3.8, 4) is 0 Å². The summed E-state index contributed by atoms with van der Waals surface area (Å²) >= 11 is 0. The van der Waals surface area contributed by atoms with Crippen molar-refractivity contribution in [2.45, 2.75) is 25.7 Å². The second-order valence-electron chi connectivity index (χ2n) is 3.56. The first kappa shape index (κ1) is 7.06. The van der Waals surface area contributed by atoms with Crippen molar-refractivity contribution in [2.75, 3.05) is 0 Å². The molecule has 3 rings (SSSR count). The molecule has 0 N–H and O–H groups in total. The molecule has 2 aromatic rings. The SMILES string of the molecule is Cc1oc2nccnc2c1C1CC1. The first-order valence-electron chi connectivity index (χ1n) is 4.56. The molecule has 0 aromatic carbocycles. The van der Waals surface area contributed by atoms with Crippen LogP contribution in [0.15, 0.2) is 16.8 Å². The van der Waals surface area contributed by atoms with Gasteiger partial charge in [-0.15, -0.1) is 0 Å². The average Bonchev–Trinajstić information content (AvgIpc) is 2.88. The van der Waals surface area contributed by atoms with E-state index in [0.717, 1.165) is 11.3 Å². The topological polar surface area (TPSA) is 38.9 Å². The minimum Gasteiger partial charge on any atom is -0.441 e. The van der Waals surface area contributed by atoms with E-state index in [-0.39, 0.29) is 0 Å². The smallest absolute Gasteiger partial charge is 0.245 e. The number of rotatable bonds is 1. The molecule has 13 heavy (non-hydrogen) atoms. The molecule has 2 aromatic heterocycles. The summed E-state index contributed by atoms with van der Waals surface area (Å²) in [4.78, 5) is 8.45. The van der Waals surface area contributed by atoms with E-state index < -0.39 is 0 Å². The Morgan fingerprint density at radius 2 is 2.08 bits per heavy atom. The summed E-state index contributed by atoms with van der Waals surface area (Å²) in [5.74, 6) is 1.67. The standard InChI is InChI=1S/C10H10N2O/c1-6-8(7-2-3-7)9-10(13-6)12-5-4-11-9/h4-5,7H,2-3H2,1H3. The van der Waals surface area contributed by atoms with Gasteiger partial charge in [0, 0.05) is 18.0 Å². The molecule has 0 saturated heterocycles. The third-order valence-corrected chi connectivity index (χ3v) is 2.53. The summed E-state index contributed by atoms with van der Waals surface area (Å²) in [6.45, 7) is 2.00. The highest BCUT2D eigenvalue weighted by Gasteiger charge is 2.30. The van der Waals surface area contributed by atoms with E-state index in [1.54, 1.807) is 12.4 Å². The maximum Gasteiger partial charge on any atom is 0.245 e. The zero-order valence-electron chi connectivity index (χ0n) is 7.45. The van der Waals surface area contributed by atoms with E-state index in [0.29, 0.717) is 11.6 Å². The summed E-state index contributed by atoms with van der Waals surface area (Å²) in [7, 11) is 0. The van der Waals surface area contributed by atoms with Crippen LogP contribution in [0, 0.1) is 6.92 Å². The molecule has 0 amide bonds. The minimum absolute atomic E-state index is 0.679. The molecule has 2 heterocycles. The highest BCUT2D eigenvalue weighted by molar-refractivity contribution is 5.75. The van der Waals surface area contributed by atoms with Crippen LogP contribution < -0.4 is 0 Å². The Balaban J connectivity index is 2.35. The summed E-state index contributed by atoms with van der Waals surface area (Å²) in [5.41, 5.74) is 2.92. The summed E-state index contributed by atoms with van der Waals surface area (Å²) < 4.78 is 5.53. The van der Waals surface area contributed by atoms with Crippen molar-refractivity contribution < 1.29 is 4.42 Å². The van der Waals surface area contributed by atoms with E-state index in [4.69, 9.17) is 4.42 Å². The molecule has 1 saturated carbocycles. The van der Waals surface area contributed by atoms with Gasteiger partial charge in [-0.3, -0.25) is 0 Å². The Bertz CT molecular complexity index is 457. The highest BCUT2D eigenvalue weighted by Crippen LogP contribution is 2.44. The van der Waals surface area contributed by atoms with Crippen LogP contribution in [0.5, 0.6) is 0 Å². The largest absolute Gasteiger partial charge is 0.441 e. The predicted molar refractivity (Wildman–Crippen MR) is 48.5 cm³/mol. The van der Waals surface area contributed by atoms with Crippen LogP contribution in [0.2, 0.25) is 0 Å². The van der Waals surface area contributed by atoms with Gasteiger partial charge in [0.25, 0.3) is 0 Å². The molecule has 0 atom stereocenters. The second-order valence-corrected chi connectivity index (χ2v) is 3.56. The molecule has 3 nitrogen and oxygen atoms in total. The van der Waals surface area contributed by atoms with Gasteiger partial charge in [-0.25, -0.2) is 9.97 Å². The van der Waals surface area contributed by atoms with Crippen LogP contribution in [-0.2, 0) is 0 Å². The quantitative estimate of drug-likeness (QED) is 0.666. The number of aromatic nitrogens is 2. The zero-order chi connectivity index (χ0) is 8.84. The van der Waals surface area contributed by atoms with Crippen LogP contribution >= 0.6 is 0 Å². The van der Waals surface area contributed by atoms with Crippen LogP contribution in [0.3, 0.4) is 0 Å². The van der Waals surface area contributed by atoms with Gasteiger partial charge in [-0.05, 0) is 25.7 Å². The maximum atomic E-state index is 5.53. The van der Waals surface area contributed by atoms with Crippen LogP contribution in [0.1, 0.15) is 30.1 Å². The molecule has 1 fully saturated rings. The third-order valence-electron chi connectivity index (χ3n) is 2.53. The average molecular weight is 174 g/mol. The van der Waals surface area contributed by atoms with E-state index in [1.165, 1.54) is 18.4 Å². The number of furan rings is 1. The van der Waals surface area contributed by atoms with E-state index in [1.807, 2.05) is 6.92 Å². The van der Waals surface area contributed by atoms with E-state index in [9.17, 15) is 0 Å². The zero-order valence-corrected chi connectivity index (χ0v) is 7.45. The van der Waals surface area contributed by atoms with Crippen molar-refractivity contribution in [3.63, 3.8) is 0 Å². The van der Waals surface area contributed by atoms with Crippen LogP contribution in [-0.4, -0.2) is 9.97 Å². The van der Waals surface area contributed by atoms with Gasteiger partial charge in [0.05, 0.1) is 0 Å². The Labute approximate surface area is 75.8 Å². The number of nitrogens with zero attached hydrogens (tertiary/aromatic N) is 2. The van der Waals surface area contributed by atoms with Crippen molar-refractivity contribution in [2.24, 2.45) is 0 Å². The Hall–Kier alpha value is -1.38. The normalized spacial score (nSPS) is 16.7. The highest BCUT2D eigenvalue weighted by atomic mass is 16.3. The lowest BCUT2D eigenvalue weighted by atomic mass is 10.1. The summed E-state index contributed by atoms with van der Waals surface area (Å²) in [5, 5.41) is 0. The first-order valence-corrected chi connectivity index (χ1v) is 4.56. The Morgan fingerprint density at radius 3 is 2.85 bits per heavy atom. The maximum absolute atomic E-state index is 5.53. The fourth-order valence-electron chi connectivity index (χ4n) is 1.80. The molecule has 0 spiro atoms. The van der Waals surface area contributed by atoms with Crippen molar-refractivity contribution in [3.05, 3.63) is 23.7 Å². The molecule has 1 aliphatic carbocycles. The summed E-state index contributed by atoms with van der Waals surface area (Å²) in [6, 6.07) is 0. The van der Waals surface area contributed by atoms with Gasteiger partial charge in [0.2, 0.25) is 5.71 Å². The van der Waals surface area contributed by atoms with Gasteiger partial charge in [0.1, 0.15) is 11.3 Å². The Kier molecular flexibility index (Phi) is 1.26. The van der Waals surface area contributed by atoms with Gasteiger partial charge < -0.3 is 4.42 Å². The van der Waals surface area contributed by atoms with Gasteiger partial charge >= 0.3 is 0 Å². The molecule has 0 unspecified atom stereocenters. The molecule has 66 valence electrons. The lowest BCUT2D eigenvalue weighted by Crippen LogP contribution is -1.82. The third kappa shape index (κ3) is 0.963. The van der Waals surface area contributed by atoms with Crippen molar-refractivity contribution >= 4 is 11.2 Å². The monoisotopic (exact) mass is 174 g/mol. The second kappa shape index (κ2) is 2.31. The van der Waals surface area contributed by atoms with Crippen LogP contribution in [0.4, 0.5) is 0 Å². The number of fused-ring (bicyclic) bond motifs is 1. The van der Waals surface area contributed by atoms with Crippen LogP contribution in [0.25, 0.3) is 11.2 Å². The molecular formula is C10H10N2O. The predicted octanol–water partition coefficient (Wildman–Crippen LogP) is 2.41. The Morgan fingerprint density at radius 1 is 1.31 bits per heavy atom. The molecule has 0 radical (unpaired) electrons. The van der Waals surface area contributed by atoms with Crippen molar-refractivity contribution in [1.29, 1.82) is 0 Å². The lowest BCUT2D eigenvalue weighted by Gasteiger charge is -1.91. The molecule has 0 aliphatic heterocycles. The first-order chi connectivity index (χ1) is 6.36. The number of hydrogen-bond donors (Lipinski definition) is 0. The fraction of sp³-hybridized carbons (Fsp3) is 0.400. The fourth-order valence-corrected chi connectivity index (χ4v) is 1.80. The molecular weight excluding hydrogens is 164 g/mol. The van der Waals surface area contributed by atoms with E-state index in [2.05, 4.69) is 9.97 Å².